The predicted octanol–water partition coefficient (Wildman–Crippen LogP) is 5.09. The van der Waals surface area contributed by atoms with Crippen molar-refractivity contribution in [1.82, 2.24) is 10.2 Å². The lowest BCUT2D eigenvalue weighted by Gasteiger charge is -2.30. The molecule has 0 saturated carbocycles. The van der Waals surface area contributed by atoms with Crippen molar-refractivity contribution < 1.29 is 14.3 Å². The van der Waals surface area contributed by atoms with Crippen LogP contribution < -0.4 is 10.1 Å². The highest BCUT2D eigenvalue weighted by Crippen LogP contribution is 2.27. The highest BCUT2D eigenvalue weighted by atomic mass is 35.5. The average Bonchev–Trinajstić information content (AvgIpc) is 2.70. The number of nitrogens with one attached hydrogen (secondary N) is 1. The minimum absolute atomic E-state index is 0.0277. The van der Waals surface area contributed by atoms with E-state index in [9.17, 15) is 9.59 Å². The van der Waals surface area contributed by atoms with Gasteiger partial charge in [0.1, 0.15) is 11.8 Å². The summed E-state index contributed by atoms with van der Waals surface area (Å²) in [6.45, 7) is 6.03. The van der Waals surface area contributed by atoms with Crippen LogP contribution in [-0.2, 0) is 16.1 Å². The monoisotopic (exact) mass is 450 g/mol. The molecule has 30 heavy (non-hydrogen) atoms. The van der Waals surface area contributed by atoms with Gasteiger partial charge < -0.3 is 15.0 Å². The molecular formula is C23H28Cl2N2O3. The van der Waals surface area contributed by atoms with Crippen LogP contribution in [-0.4, -0.2) is 35.4 Å². The first-order valence-corrected chi connectivity index (χ1v) is 10.8. The van der Waals surface area contributed by atoms with Crippen molar-refractivity contribution in [2.75, 3.05) is 6.61 Å². The van der Waals surface area contributed by atoms with Crippen molar-refractivity contribution in [1.29, 1.82) is 0 Å². The first-order chi connectivity index (χ1) is 14.3. The van der Waals surface area contributed by atoms with E-state index in [4.69, 9.17) is 27.9 Å². The third kappa shape index (κ3) is 7.22. The summed E-state index contributed by atoms with van der Waals surface area (Å²) in [5, 5.41) is 3.78. The summed E-state index contributed by atoms with van der Waals surface area (Å²) in [5.41, 5.74) is 0.624. The average molecular weight is 451 g/mol. The number of ether oxygens (including phenoxy) is 1. The number of carbonyl (C=O) groups is 2. The van der Waals surface area contributed by atoms with Crippen molar-refractivity contribution >= 4 is 35.0 Å². The Morgan fingerprint density at radius 3 is 2.23 bits per heavy atom. The molecule has 0 saturated heterocycles. The minimum Gasteiger partial charge on any atom is -0.494 e. The van der Waals surface area contributed by atoms with E-state index < -0.39 is 6.04 Å². The van der Waals surface area contributed by atoms with Crippen LogP contribution in [0.15, 0.2) is 48.5 Å². The van der Waals surface area contributed by atoms with Crippen LogP contribution in [0.3, 0.4) is 0 Å². The Kier molecular flexibility index (Phi) is 9.47. The molecule has 1 unspecified atom stereocenters. The summed E-state index contributed by atoms with van der Waals surface area (Å²) < 4.78 is 5.66. The second kappa shape index (κ2) is 11.8. The van der Waals surface area contributed by atoms with Gasteiger partial charge in [0, 0.05) is 34.6 Å². The van der Waals surface area contributed by atoms with Crippen LogP contribution in [0.4, 0.5) is 0 Å². The zero-order valence-electron chi connectivity index (χ0n) is 17.5. The Hall–Kier alpha value is -2.24. The van der Waals surface area contributed by atoms with E-state index in [1.54, 1.807) is 25.1 Å². The fraction of sp³-hybridized carbons (Fsp3) is 0.391. The number of halogens is 2. The summed E-state index contributed by atoms with van der Waals surface area (Å²) in [6.07, 6.45) is 0.771. The fourth-order valence-electron chi connectivity index (χ4n) is 2.92. The Bertz CT molecular complexity index is 823. The van der Waals surface area contributed by atoms with E-state index in [1.165, 1.54) is 4.90 Å². The van der Waals surface area contributed by atoms with Crippen molar-refractivity contribution in [3.05, 3.63) is 64.1 Å². The normalized spacial score (nSPS) is 11.8. The molecule has 0 aliphatic heterocycles. The number of rotatable bonds is 10. The van der Waals surface area contributed by atoms with Crippen molar-refractivity contribution in [2.24, 2.45) is 0 Å². The van der Waals surface area contributed by atoms with Gasteiger partial charge in [-0.1, -0.05) is 47.5 Å². The Morgan fingerprint density at radius 1 is 1.00 bits per heavy atom. The maximum atomic E-state index is 13.0. The lowest BCUT2D eigenvalue weighted by atomic mass is 10.1. The lowest BCUT2D eigenvalue weighted by Crippen LogP contribution is -2.49. The number of benzene rings is 2. The zero-order valence-corrected chi connectivity index (χ0v) is 19.0. The molecule has 0 spiro atoms. The first-order valence-electron chi connectivity index (χ1n) is 10.00. The highest BCUT2D eigenvalue weighted by molar-refractivity contribution is 6.36. The van der Waals surface area contributed by atoms with E-state index >= 15 is 0 Å². The maximum absolute atomic E-state index is 13.0. The topological polar surface area (TPSA) is 58.6 Å². The minimum atomic E-state index is -0.665. The van der Waals surface area contributed by atoms with Crippen LogP contribution >= 0.6 is 23.2 Å². The predicted molar refractivity (Wildman–Crippen MR) is 121 cm³/mol. The Labute approximate surface area is 188 Å². The van der Waals surface area contributed by atoms with E-state index in [0.717, 1.165) is 5.75 Å². The first kappa shape index (κ1) is 24.0. The molecular weight excluding hydrogens is 423 g/mol. The summed E-state index contributed by atoms with van der Waals surface area (Å²) in [6, 6.07) is 13.9. The van der Waals surface area contributed by atoms with E-state index in [0.29, 0.717) is 28.6 Å². The summed E-state index contributed by atoms with van der Waals surface area (Å²) in [7, 11) is 0. The SMILES string of the molecule is CC(C)NC(=O)C(C)N(Cc1c(Cl)cccc1Cl)C(=O)CCCOc1ccccc1. The smallest absolute Gasteiger partial charge is 0.242 e. The van der Waals surface area contributed by atoms with Crippen LogP contribution in [0, 0.1) is 0 Å². The molecule has 0 heterocycles. The van der Waals surface area contributed by atoms with Crippen molar-refractivity contribution in [3.8, 4) is 5.75 Å². The number of carbonyl (C=O) groups excluding carboxylic acids is 2. The van der Waals surface area contributed by atoms with E-state index in [2.05, 4.69) is 5.32 Å². The fourth-order valence-corrected chi connectivity index (χ4v) is 3.43. The van der Waals surface area contributed by atoms with Crippen molar-refractivity contribution in [2.45, 2.75) is 52.2 Å². The summed E-state index contributed by atoms with van der Waals surface area (Å²) in [4.78, 5) is 27.1. The van der Waals surface area contributed by atoms with Gasteiger partial charge in [-0.2, -0.15) is 0 Å². The largest absolute Gasteiger partial charge is 0.494 e. The second-order valence-electron chi connectivity index (χ2n) is 7.33. The van der Waals surface area contributed by atoms with Gasteiger partial charge in [0.25, 0.3) is 0 Å². The molecule has 7 heteroatoms. The molecule has 2 aromatic carbocycles. The quantitative estimate of drug-likeness (QED) is 0.512. The lowest BCUT2D eigenvalue weighted by molar-refractivity contribution is -0.141. The van der Waals surface area contributed by atoms with Crippen LogP contribution in [0.25, 0.3) is 0 Å². The third-order valence-electron chi connectivity index (χ3n) is 4.54. The molecule has 2 aromatic rings. The number of amides is 2. The molecule has 0 radical (unpaired) electrons. The molecule has 2 amide bonds. The Morgan fingerprint density at radius 2 is 1.63 bits per heavy atom. The number of hydrogen-bond acceptors (Lipinski definition) is 3. The van der Waals surface area contributed by atoms with Gasteiger partial charge >= 0.3 is 0 Å². The number of para-hydroxylation sites is 1. The number of nitrogens with zero attached hydrogens (tertiary/aromatic N) is 1. The van der Waals surface area contributed by atoms with Gasteiger partial charge in [-0.25, -0.2) is 0 Å². The standard InChI is InChI=1S/C23H28Cl2N2O3/c1-16(2)26-23(29)17(3)27(15-19-20(24)11-7-12-21(19)25)22(28)13-8-14-30-18-9-5-4-6-10-18/h4-7,9-12,16-17H,8,13-15H2,1-3H3,(H,26,29). The molecule has 0 bridgehead atoms. The van der Waals surface area contributed by atoms with Gasteiger partial charge in [-0.05, 0) is 51.5 Å². The molecule has 0 fully saturated rings. The Balaban J connectivity index is 2.07. The molecule has 1 atom stereocenters. The van der Waals surface area contributed by atoms with E-state index in [1.807, 2.05) is 44.2 Å². The van der Waals surface area contributed by atoms with Gasteiger partial charge in [0.15, 0.2) is 0 Å². The molecule has 162 valence electrons. The maximum Gasteiger partial charge on any atom is 0.242 e. The number of hydrogen-bond donors (Lipinski definition) is 1. The van der Waals surface area contributed by atoms with Crippen LogP contribution in [0.2, 0.25) is 10.0 Å². The summed E-state index contributed by atoms with van der Waals surface area (Å²) >= 11 is 12.6. The summed E-state index contributed by atoms with van der Waals surface area (Å²) in [5.74, 6) is 0.380. The third-order valence-corrected chi connectivity index (χ3v) is 5.24. The van der Waals surface area contributed by atoms with Crippen LogP contribution in [0.5, 0.6) is 5.75 Å². The molecule has 2 rings (SSSR count). The molecule has 5 nitrogen and oxygen atoms in total. The molecule has 0 aliphatic rings. The second-order valence-corrected chi connectivity index (χ2v) is 8.14. The van der Waals surface area contributed by atoms with Crippen molar-refractivity contribution in [3.63, 3.8) is 0 Å². The molecule has 0 aromatic heterocycles. The van der Waals surface area contributed by atoms with Gasteiger partial charge in [0.05, 0.1) is 6.61 Å². The zero-order chi connectivity index (χ0) is 22.1. The van der Waals surface area contributed by atoms with Gasteiger partial charge in [-0.15, -0.1) is 0 Å². The molecule has 1 N–H and O–H groups in total. The molecule has 0 aliphatic carbocycles. The van der Waals surface area contributed by atoms with Gasteiger partial charge in [-0.3, -0.25) is 9.59 Å². The van der Waals surface area contributed by atoms with Gasteiger partial charge in [0.2, 0.25) is 11.8 Å². The van der Waals surface area contributed by atoms with Crippen LogP contribution in [0.1, 0.15) is 39.2 Å². The van der Waals surface area contributed by atoms with E-state index in [-0.39, 0.29) is 30.8 Å². The highest BCUT2D eigenvalue weighted by Gasteiger charge is 2.27.